The number of benzene rings is 2. The average molecular weight is 339 g/mol. The molecule has 122 valence electrons. The molecular formula is C18H17N3O2S. The van der Waals surface area contributed by atoms with Gasteiger partial charge in [0.25, 0.3) is 0 Å². The molecule has 0 aliphatic heterocycles. The second-order valence-electron chi connectivity index (χ2n) is 4.87. The summed E-state index contributed by atoms with van der Waals surface area (Å²) in [6.45, 7) is 0. The van der Waals surface area contributed by atoms with Gasteiger partial charge in [0.2, 0.25) is 5.91 Å². The number of nitrogens with one attached hydrogen (secondary N) is 1. The van der Waals surface area contributed by atoms with Crippen LogP contribution in [-0.2, 0) is 10.5 Å². The maximum absolute atomic E-state index is 11.7. The molecule has 0 aliphatic rings. The second kappa shape index (κ2) is 9.38. The van der Waals surface area contributed by atoms with E-state index in [0.29, 0.717) is 17.1 Å². The summed E-state index contributed by atoms with van der Waals surface area (Å²) >= 11 is 1.49. The smallest absolute Gasteiger partial charge is 0.250 e. The zero-order chi connectivity index (χ0) is 17.2. The summed E-state index contributed by atoms with van der Waals surface area (Å²) in [5, 5.41) is 12.7. The third-order valence-electron chi connectivity index (χ3n) is 3.10. The van der Waals surface area contributed by atoms with E-state index in [0.717, 1.165) is 16.9 Å². The minimum absolute atomic E-state index is 0.154. The largest absolute Gasteiger partial charge is 0.497 e. The molecule has 2 aromatic rings. The molecule has 1 amide bonds. The van der Waals surface area contributed by atoms with Crippen molar-refractivity contribution in [2.45, 2.75) is 5.75 Å². The number of amides is 1. The van der Waals surface area contributed by atoms with Gasteiger partial charge in [-0.1, -0.05) is 12.1 Å². The van der Waals surface area contributed by atoms with Crippen molar-refractivity contribution in [1.82, 2.24) is 5.43 Å². The SMILES string of the molecule is COc1ccc(C=NNC(=O)CSCc2ccc(C#N)cc2)cc1. The third-order valence-corrected chi connectivity index (χ3v) is 4.11. The molecule has 0 atom stereocenters. The minimum Gasteiger partial charge on any atom is -0.497 e. The number of hydrogen-bond donors (Lipinski definition) is 1. The lowest BCUT2D eigenvalue weighted by Crippen LogP contribution is -2.19. The maximum Gasteiger partial charge on any atom is 0.250 e. The average Bonchev–Trinajstić information content (AvgIpc) is 2.63. The molecule has 0 aliphatic carbocycles. The Morgan fingerprint density at radius 3 is 2.58 bits per heavy atom. The zero-order valence-electron chi connectivity index (χ0n) is 13.2. The first-order chi connectivity index (χ1) is 11.7. The van der Waals surface area contributed by atoms with E-state index in [1.807, 2.05) is 36.4 Å². The van der Waals surface area contributed by atoms with Crippen molar-refractivity contribution in [1.29, 1.82) is 5.26 Å². The van der Waals surface area contributed by atoms with E-state index < -0.39 is 0 Å². The van der Waals surface area contributed by atoms with Gasteiger partial charge in [-0.2, -0.15) is 10.4 Å². The van der Waals surface area contributed by atoms with Crippen LogP contribution in [0.4, 0.5) is 0 Å². The van der Waals surface area contributed by atoms with Crippen molar-refractivity contribution in [3.05, 3.63) is 65.2 Å². The number of methoxy groups -OCH3 is 1. The number of nitrogens with zero attached hydrogens (tertiary/aromatic N) is 2. The number of carbonyl (C=O) groups is 1. The van der Waals surface area contributed by atoms with Crippen LogP contribution in [0.5, 0.6) is 5.75 Å². The quantitative estimate of drug-likeness (QED) is 0.622. The molecule has 5 nitrogen and oxygen atoms in total. The predicted octanol–water partition coefficient (Wildman–Crippen LogP) is 2.95. The van der Waals surface area contributed by atoms with E-state index in [2.05, 4.69) is 16.6 Å². The first kappa shape index (κ1) is 17.6. The topological polar surface area (TPSA) is 74.5 Å². The molecule has 0 aromatic heterocycles. The number of nitriles is 1. The summed E-state index contributed by atoms with van der Waals surface area (Å²) in [6.07, 6.45) is 1.59. The van der Waals surface area contributed by atoms with Crippen molar-refractivity contribution >= 4 is 23.9 Å². The number of hydrazone groups is 1. The number of rotatable bonds is 7. The van der Waals surface area contributed by atoms with E-state index in [4.69, 9.17) is 10.00 Å². The van der Waals surface area contributed by atoms with Gasteiger partial charge >= 0.3 is 0 Å². The molecule has 6 heteroatoms. The van der Waals surface area contributed by atoms with Crippen LogP contribution in [0.25, 0.3) is 0 Å². The summed E-state index contributed by atoms with van der Waals surface area (Å²) < 4.78 is 5.07. The highest BCUT2D eigenvalue weighted by Gasteiger charge is 2.01. The van der Waals surface area contributed by atoms with Crippen LogP contribution in [0.1, 0.15) is 16.7 Å². The van der Waals surface area contributed by atoms with Crippen LogP contribution >= 0.6 is 11.8 Å². The molecule has 0 heterocycles. The highest BCUT2D eigenvalue weighted by atomic mass is 32.2. The summed E-state index contributed by atoms with van der Waals surface area (Å²) in [6, 6.07) is 16.8. The molecule has 0 radical (unpaired) electrons. The van der Waals surface area contributed by atoms with Gasteiger partial charge in [-0.15, -0.1) is 11.8 Å². The Kier molecular flexibility index (Phi) is 6.87. The Hall–Kier alpha value is -2.78. The molecule has 1 N–H and O–H groups in total. The first-order valence-electron chi connectivity index (χ1n) is 7.24. The fraction of sp³-hybridized carbons (Fsp3) is 0.167. The van der Waals surface area contributed by atoms with Crippen molar-refractivity contribution in [3.63, 3.8) is 0 Å². The Balaban J connectivity index is 1.70. The first-order valence-corrected chi connectivity index (χ1v) is 8.39. The van der Waals surface area contributed by atoms with Gasteiger partial charge in [0.1, 0.15) is 5.75 Å². The molecule has 0 fully saturated rings. The Bertz CT molecular complexity index is 734. The zero-order valence-corrected chi connectivity index (χ0v) is 14.0. The Morgan fingerprint density at radius 1 is 1.25 bits per heavy atom. The van der Waals surface area contributed by atoms with Crippen LogP contribution in [-0.4, -0.2) is 25.0 Å². The predicted molar refractivity (Wildman–Crippen MR) is 96.0 cm³/mol. The van der Waals surface area contributed by atoms with Crippen LogP contribution in [0, 0.1) is 11.3 Å². The number of carbonyl (C=O) groups excluding carboxylic acids is 1. The molecule has 0 bridgehead atoms. The highest BCUT2D eigenvalue weighted by Crippen LogP contribution is 2.13. The molecule has 0 unspecified atom stereocenters. The molecule has 2 aromatic carbocycles. The van der Waals surface area contributed by atoms with E-state index in [9.17, 15) is 4.79 Å². The number of thioether (sulfide) groups is 1. The lowest BCUT2D eigenvalue weighted by Gasteiger charge is -2.02. The molecule has 0 spiro atoms. The van der Waals surface area contributed by atoms with E-state index >= 15 is 0 Å². The maximum atomic E-state index is 11.7. The highest BCUT2D eigenvalue weighted by molar-refractivity contribution is 7.99. The van der Waals surface area contributed by atoms with Crippen molar-refractivity contribution in [2.75, 3.05) is 12.9 Å². The monoisotopic (exact) mass is 339 g/mol. The van der Waals surface area contributed by atoms with Gasteiger partial charge in [0, 0.05) is 5.75 Å². The molecule has 2 rings (SSSR count). The van der Waals surface area contributed by atoms with Crippen LogP contribution < -0.4 is 10.2 Å². The van der Waals surface area contributed by atoms with Crippen LogP contribution in [0.2, 0.25) is 0 Å². The fourth-order valence-corrected chi connectivity index (χ4v) is 2.62. The standard InChI is InChI=1S/C18H17N3O2S/c1-23-17-8-6-15(7-9-17)11-20-21-18(22)13-24-12-16-4-2-14(10-19)3-5-16/h2-9,11H,12-13H2,1H3,(H,21,22). The summed E-state index contributed by atoms with van der Waals surface area (Å²) in [4.78, 5) is 11.7. The van der Waals surface area contributed by atoms with E-state index in [1.165, 1.54) is 11.8 Å². The lowest BCUT2D eigenvalue weighted by atomic mass is 10.2. The second-order valence-corrected chi connectivity index (χ2v) is 5.85. The summed E-state index contributed by atoms with van der Waals surface area (Å²) in [5.41, 5.74) is 5.09. The lowest BCUT2D eigenvalue weighted by molar-refractivity contribution is -0.118. The summed E-state index contributed by atoms with van der Waals surface area (Å²) in [7, 11) is 1.61. The van der Waals surface area contributed by atoms with Gasteiger partial charge in [-0.05, 0) is 47.5 Å². The number of hydrogen-bond acceptors (Lipinski definition) is 5. The van der Waals surface area contributed by atoms with Gasteiger partial charge in [0.15, 0.2) is 0 Å². The van der Waals surface area contributed by atoms with Gasteiger partial charge in [-0.3, -0.25) is 4.79 Å². The van der Waals surface area contributed by atoms with Crippen LogP contribution in [0.15, 0.2) is 53.6 Å². The molecular weight excluding hydrogens is 322 g/mol. The van der Waals surface area contributed by atoms with Gasteiger partial charge in [0.05, 0.1) is 30.7 Å². The van der Waals surface area contributed by atoms with Crippen molar-refractivity contribution < 1.29 is 9.53 Å². The third kappa shape index (κ3) is 5.78. The fourth-order valence-electron chi connectivity index (χ4n) is 1.84. The normalized spacial score (nSPS) is 10.3. The minimum atomic E-state index is -0.154. The Morgan fingerprint density at radius 2 is 1.96 bits per heavy atom. The van der Waals surface area contributed by atoms with Crippen LogP contribution in [0.3, 0.4) is 0 Å². The molecule has 0 saturated carbocycles. The van der Waals surface area contributed by atoms with Gasteiger partial charge in [-0.25, -0.2) is 5.43 Å². The van der Waals surface area contributed by atoms with Crippen molar-refractivity contribution in [2.24, 2.45) is 5.10 Å². The summed E-state index contributed by atoms with van der Waals surface area (Å²) in [5.74, 6) is 1.65. The van der Waals surface area contributed by atoms with Gasteiger partial charge < -0.3 is 4.74 Å². The number of ether oxygens (including phenoxy) is 1. The Labute approximate surface area is 145 Å². The van der Waals surface area contributed by atoms with Crippen molar-refractivity contribution in [3.8, 4) is 11.8 Å². The molecule has 24 heavy (non-hydrogen) atoms. The van der Waals surface area contributed by atoms with E-state index in [-0.39, 0.29) is 5.91 Å². The van der Waals surface area contributed by atoms with E-state index in [1.54, 1.807) is 25.5 Å². The molecule has 0 saturated heterocycles.